The highest BCUT2D eigenvalue weighted by Crippen LogP contribution is 2.20. The number of carbonyl (C=O) groups excluding carboxylic acids is 1. The molecule has 114 valence electrons. The third kappa shape index (κ3) is 3.41. The Bertz CT molecular complexity index is 802. The predicted octanol–water partition coefficient (Wildman–Crippen LogP) is 2.89. The lowest BCUT2D eigenvalue weighted by atomic mass is 10.1. The molecule has 5 nitrogen and oxygen atoms in total. The molecule has 0 bridgehead atoms. The Morgan fingerprint density at radius 3 is 2.43 bits per heavy atom. The largest absolute Gasteiger partial charge is 0.392 e. The summed E-state index contributed by atoms with van der Waals surface area (Å²) in [5.41, 5.74) is 3.09. The number of pyridine rings is 2. The number of nitrogens with one attached hydrogen (secondary N) is 1. The normalized spacial score (nSPS) is 10.3. The summed E-state index contributed by atoms with van der Waals surface area (Å²) < 4.78 is 0. The second kappa shape index (κ2) is 6.81. The fourth-order valence-electron chi connectivity index (χ4n) is 2.19. The maximum atomic E-state index is 12.5. The van der Waals surface area contributed by atoms with Gasteiger partial charge in [0, 0.05) is 18.1 Å². The van der Waals surface area contributed by atoms with Gasteiger partial charge in [-0.3, -0.25) is 14.8 Å². The van der Waals surface area contributed by atoms with Gasteiger partial charge < -0.3 is 10.4 Å². The molecule has 3 rings (SSSR count). The van der Waals surface area contributed by atoms with Crippen molar-refractivity contribution in [3.63, 3.8) is 0 Å². The summed E-state index contributed by atoms with van der Waals surface area (Å²) in [5.74, 6) is -0.254. The number of nitrogens with zero attached hydrogens (tertiary/aromatic N) is 2. The molecule has 0 aliphatic heterocycles. The number of hydrogen-bond acceptors (Lipinski definition) is 4. The Labute approximate surface area is 133 Å². The fourth-order valence-corrected chi connectivity index (χ4v) is 2.19. The van der Waals surface area contributed by atoms with E-state index in [0.717, 1.165) is 5.56 Å². The summed E-state index contributed by atoms with van der Waals surface area (Å²) in [6, 6.07) is 15.9. The molecule has 0 aliphatic rings. The standard InChI is InChI=1S/C18H15N3O2/c22-12-13-6-8-14(9-7-13)21-18(23)15-4-3-11-20-17(15)16-5-1-2-10-19-16/h1-11,22H,12H2,(H,21,23). The van der Waals surface area contributed by atoms with Crippen molar-refractivity contribution in [2.24, 2.45) is 0 Å². The van der Waals surface area contributed by atoms with Gasteiger partial charge in [0.25, 0.3) is 5.91 Å². The van der Waals surface area contributed by atoms with Crippen LogP contribution < -0.4 is 5.32 Å². The van der Waals surface area contributed by atoms with Gasteiger partial charge in [-0.15, -0.1) is 0 Å². The summed E-state index contributed by atoms with van der Waals surface area (Å²) in [5, 5.41) is 11.9. The highest BCUT2D eigenvalue weighted by molar-refractivity contribution is 6.07. The number of aromatic nitrogens is 2. The molecule has 0 aliphatic carbocycles. The Morgan fingerprint density at radius 2 is 1.74 bits per heavy atom. The molecule has 0 fully saturated rings. The highest BCUT2D eigenvalue weighted by atomic mass is 16.3. The third-order valence-corrected chi connectivity index (χ3v) is 3.35. The van der Waals surface area contributed by atoms with Gasteiger partial charge in [-0.05, 0) is 42.0 Å². The van der Waals surface area contributed by atoms with Gasteiger partial charge in [0.05, 0.1) is 17.9 Å². The lowest BCUT2D eigenvalue weighted by molar-refractivity contribution is 0.102. The number of aliphatic hydroxyl groups excluding tert-OH is 1. The smallest absolute Gasteiger partial charge is 0.257 e. The van der Waals surface area contributed by atoms with Crippen molar-refractivity contribution in [2.75, 3.05) is 5.32 Å². The molecule has 0 radical (unpaired) electrons. The van der Waals surface area contributed by atoms with Crippen molar-refractivity contribution in [2.45, 2.75) is 6.61 Å². The molecule has 3 aromatic rings. The van der Waals surface area contributed by atoms with Crippen molar-refractivity contribution in [3.8, 4) is 11.4 Å². The Hall–Kier alpha value is -3.05. The number of hydrogen-bond donors (Lipinski definition) is 2. The van der Waals surface area contributed by atoms with E-state index in [9.17, 15) is 4.79 Å². The first kappa shape index (κ1) is 14.9. The van der Waals surface area contributed by atoms with E-state index < -0.39 is 0 Å². The molecule has 2 N–H and O–H groups in total. The number of benzene rings is 1. The first-order valence-corrected chi connectivity index (χ1v) is 7.15. The minimum absolute atomic E-state index is 0.0271. The molecule has 0 spiro atoms. The third-order valence-electron chi connectivity index (χ3n) is 3.35. The monoisotopic (exact) mass is 305 g/mol. The summed E-state index contributed by atoms with van der Waals surface area (Å²) in [7, 11) is 0. The van der Waals surface area contributed by atoms with Crippen LogP contribution in [0.25, 0.3) is 11.4 Å². The average Bonchev–Trinajstić information content (AvgIpc) is 2.63. The lowest BCUT2D eigenvalue weighted by Gasteiger charge is -2.09. The second-order valence-corrected chi connectivity index (χ2v) is 4.92. The van der Waals surface area contributed by atoms with Crippen LogP contribution in [0, 0.1) is 0 Å². The minimum atomic E-state index is -0.254. The summed E-state index contributed by atoms with van der Waals surface area (Å²) in [6.45, 7) is -0.0271. The first-order valence-electron chi connectivity index (χ1n) is 7.15. The van der Waals surface area contributed by atoms with E-state index in [0.29, 0.717) is 22.6 Å². The van der Waals surface area contributed by atoms with Gasteiger partial charge in [0.2, 0.25) is 0 Å². The molecule has 0 saturated carbocycles. The molecule has 23 heavy (non-hydrogen) atoms. The summed E-state index contributed by atoms with van der Waals surface area (Å²) in [4.78, 5) is 21.1. The van der Waals surface area contributed by atoms with Crippen molar-refractivity contribution in [1.29, 1.82) is 0 Å². The van der Waals surface area contributed by atoms with Gasteiger partial charge in [0.15, 0.2) is 0 Å². The van der Waals surface area contributed by atoms with Crippen LogP contribution in [0.4, 0.5) is 5.69 Å². The van der Waals surface area contributed by atoms with E-state index in [1.165, 1.54) is 0 Å². The van der Waals surface area contributed by atoms with Crippen LogP contribution in [0.2, 0.25) is 0 Å². The zero-order chi connectivity index (χ0) is 16.1. The van der Waals surface area contributed by atoms with E-state index in [2.05, 4.69) is 15.3 Å². The van der Waals surface area contributed by atoms with E-state index in [-0.39, 0.29) is 12.5 Å². The Balaban J connectivity index is 1.88. The quantitative estimate of drug-likeness (QED) is 0.777. The zero-order valence-electron chi connectivity index (χ0n) is 12.3. The Morgan fingerprint density at radius 1 is 0.957 bits per heavy atom. The van der Waals surface area contributed by atoms with Crippen molar-refractivity contribution >= 4 is 11.6 Å². The molecule has 5 heteroatoms. The SMILES string of the molecule is O=C(Nc1ccc(CO)cc1)c1cccnc1-c1ccccn1. The number of carbonyl (C=O) groups is 1. The highest BCUT2D eigenvalue weighted by Gasteiger charge is 2.14. The van der Waals surface area contributed by atoms with Gasteiger partial charge in [0.1, 0.15) is 5.69 Å². The predicted molar refractivity (Wildman–Crippen MR) is 87.8 cm³/mol. The second-order valence-electron chi connectivity index (χ2n) is 4.92. The minimum Gasteiger partial charge on any atom is -0.392 e. The van der Waals surface area contributed by atoms with Gasteiger partial charge in [-0.2, -0.15) is 0 Å². The van der Waals surface area contributed by atoms with Crippen LogP contribution >= 0.6 is 0 Å². The maximum absolute atomic E-state index is 12.5. The molecular weight excluding hydrogens is 290 g/mol. The zero-order valence-corrected chi connectivity index (χ0v) is 12.3. The lowest BCUT2D eigenvalue weighted by Crippen LogP contribution is -2.14. The van der Waals surface area contributed by atoms with Crippen molar-refractivity contribution < 1.29 is 9.90 Å². The topological polar surface area (TPSA) is 75.1 Å². The van der Waals surface area contributed by atoms with Crippen LogP contribution in [0.3, 0.4) is 0 Å². The number of amides is 1. The van der Waals surface area contributed by atoms with E-state index >= 15 is 0 Å². The molecule has 2 aromatic heterocycles. The van der Waals surface area contributed by atoms with Crippen LogP contribution in [-0.2, 0) is 6.61 Å². The molecular formula is C18H15N3O2. The molecule has 1 amide bonds. The van der Waals surface area contributed by atoms with E-state index in [4.69, 9.17) is 5.11 Å². The maximum Gasteiger partial charge on any atom is 0.257 e. The van der Waals surface area contributed by atoms with E-state index in [1.807, 2.05) is 18.2 Å². The molecule has 0 unspecified atom stereocenters. The van der Waals surface area contributed by atoms with Crippen LogP contribution in [0.5, 0.6) is 0 Å². The molecule has 1 aromatic carbocycles. The van der Waals surface area contributed by atoms with Gasteiger partial charge in [-0.1, -0.05) is 18.2 Å². The average molecular weight is 305 g/mol. The number of anilines is 1. The first-order chi connectivity index (χ1) is 11.3. The Kier molecular flexibility index (Phi) is 4.40. The van der Waals surface area contributed by atoms with Gasteiger partial charge in [-0.25, -0.2) is 0 Å². The van der Waals surface area contributed by atoms with Crippen LogP contribution in [0.15, 0.2) is 67.0 Å². The summed E-state index contributed by atoms with van der Waals surface area (Å²) in [6.07, 6.45) is 3.30. The van der Waals surface area contributed by atoms with Gasteiger partial charge >= 0.3 is 0 Å². The van der Waals surface area contributed by atoms with E-state index in [1.54, 1.807) is 48.8 Å². The summed E-state index contributed by atoms with van der Waals surface area (Å²) >= 11 is 0. The van der Waals surface area contributed by atoms with Crippen molar-refractivity contribution in [1.82, 2.24) is 9.97 Å². The van der Waals surface area contributed by atoms with Crippen LogP contribution in [0.1, 0.15) is 15.9 Å². The molecule has 2 heterocycles. The number of rotatable bonds is 4. The van der Waals surface area contributed by atoms with Crippen molar-refractivity contribution in [3.05, 3.63) is 78.1 Å². The fraction of sp³-hybridized carbons (Fsp3) is 0.0556. The molecule has 0 saturated heterocycles. The van der Waals surface area contributed by atoms with Crippen LogP contribution in [-0.4, -0.2) is 21.0 Å². The number of aliphatic hydroxyl groups is 1. The molecule has 0 atom stereocenters.